The van der Waals surface area contributed by atoms with E-state index >= 15 is 0 Å². The first-order valence-corrected chi connectivity index (χ1v) is 11.5. The number of methoxy groups -OCH3 is 1. The van der Waals surface area contributed by atoms with Gasteiger partial charge in [0.1, 0.15) is 12.4 Å². The van der Waals surface area contributed by atoms with Crippen molar-refractivity contribution in [2.24, 2.45) is 5.41 Å². The van der Waals surface area contributed by atoms with Gasteiger partial charge >= 0.3 is 5.97 Å². The van der Waals surface area contributed by atoms with Crippen LogP contribution in [0.2, 0.25) is 0 Å². The van der Waals surface area contributed by atoms with Gasteiger partial charge in [0.2, 0.25) is 0 Å². The second-order valence-electron chi connectivity index (χ2n) is 9.55. The summed E-state index contributed by atoms with van der Waals surface area (Å²) >= 11 is 0. The minimum atomic E-state index is -0.632. The second kappa shape index (κ2) is 8.38. The average molecular weight is 434 g/mol. The number of carboxylic acids is 1. The number of hydrogen-bond donors (Lipinski definition) is 1. The van der Waals surface area contributed by atoms with Crippen molar-refractivity contribution in [1.82, 2.24) is 4.90 Å². The van der Waals surface area contributed by atoms with Crippen molar-refractivity contribution in [2.75, 3.05) is 26.7 Å². The Kier molecular flexibility index (Phi) is 5.56. The number of piperidine rings is 1. The van der Waals surface area contributed by atoms with Gasteiger partial charge in [-0.3, -0.25) is 4.79 Å². The Hall–Kier alpha value is -2.63. The molecule has 5 heteroatoms. The molecular weight excluding hydrogens is 402 g/mol. The zero-order valence-corrected chi connectivity index (χ0v) is 18.9. The predicted molar refractivity (Wildman–Crippen MR) is 124 cm³/mol. The number of ether oxygens (including phenoxy) is 2. The Bertz CT molecular complexity index is 1070. The third kappa shape index (κ3) is 3.96. The fourth-order valence-electron chi connectivity index (χ4n) is 5.16. The van der Waals surface area contributed by atoms with E-state index in [1.165, 1.54) is 33.4 Å². The number of likely N-dealkylation sites (tertiary alicyclic amines) is 1. The molecule has 2 aromatic rings. The first-order chi connectivity index (χ1) is 15.5. The van der Waals surface area contributed by atoms with Crippen molar-refractivity contribution >= 4 is 11.5 Å². The molecule has 1 saturated heterocycles. The molecule has 2 fully saturated rings. The van der Waals surface area contributed by atoms with Gasteiger partial charge in [-0.05, 0) is 73.1 Å². The molecule has 0 unspecified atom stereocenters. The first kappa shape index (κ1) is 21.2. The van der Waals surface area contributed by atoms with Gasteiger partial charge < -0.3 is 19.5 Å². The number of fused-ring (bicyclic) bond motifs is 2. The number of aliphatic carboxylic acids is 1. The summed E-state index contributed by atoms with van der Waals surface area (Å²) in [6.45, 7) is 5.76. The highest BCUT2D eigenvalue weighted by molar-refractivity contribution is 5.87. The number of benzene rings is 2. The Balaban J connectivity index is 1.50. The molecule has 0 spiro atoms. The zero-order valence-electron chi connectivity index (χ0n) is 18.9. The number of rotatable bonds is 5. The summed E-state index contributed by atoms with van der Waals surface area (Å²) < 4.78 is 11.6. The van der Waals surface area contributed by atoms with E-state index in [1.54, 1.807) is 7.11 Å². The van der Waals surface area contributed by atoms with Crippen molar-refractivity contribution < 1.29 is 19.4 Å². The van der Waals surface area contributed by atoms with Crippen LogP contribution in [0.5, 0.6) is 5.75 Å². The van der Waals surface area contributed by atoms with Crippen LogP contribution in [0.15, 0.2) is 42.0 Å². The monoisotopic (exact) mass is 433 g/mol. The first-order valence-electron chi connectivity index (χ1n) is 11.5. The maximum absolute atomic E-state index is 11.6. The van der Waals surface area contributed by atoms with Crippen molar-refractivity contribution in [1.29, 1.82) is 0 Å². The smallest absolute Gasteiger partial charge is 0.310 e. The summed E-state index contributed by atoms with van der Waals surface area (Å²) in [4.78, 5) is 14.0. The maximum atomic E-state index is 11.6. The minimum absolute atomic E-state index is 0.491. The van der Waals surface area contributed by atoms with Gasteiger partial charge in [0.25, 0.3) is 0 Å². The van der Waals surface area contributed by atoms with Crippen LogP contribution in [-0.4, -0.2) is 42.7 Å². The molecule has 0 atom stereocenters. The van der Waals surface area contributed by atoms with Crippen LogP contribution in [0.1, 0.15) is 53.5 Å². The van der Waals surface area contributed by atoms with Gasteiger partial charge in [0.05, 0.1) is 12.0 Å². The molecule has 2 aromatic carbocycles. The number of aryl methyl sites for hydroxylation is 1. The lowest BCUT2D eigenvalue weighted by atomic mass is 9.85. The van der Waals surface area contributed by atoms with E-state index in [0.717, 1.165) is 50.1 Å². The van der Waals surface area contributed by atoms with Gasteiger partial charge in [-0.1, -0.05) is 29.3 Å². The third-order valence-corrected chi connectivity index (χ3v) is 7.18. The van der Waals surface area contributed by atoms with E-state index in [0.29, 0.717) is 19.8 Å². The normalized spacial score (nSPS) is 19.6. The van der Waals surface area contributed by atoms with Gasteiger partial charge in [-0.25, -0.2) is 0 Å². The fraction of sp³-hybridized carbons (Fsp3) is 0.444. The highest BCUT2D eigenvalue weighted by atomic mass is 16.5. The molecule has 3 aliphatic rings. The molecule has 32 heavy (non-hydrogen) atoms. The largest absolute Gasteiger partial charge is 0.488 e. The lowest BCUT2D eigenvalue weighted by Crippen LogP contribution is -2.38. The molecule has 1 saturated carbocycles. The van der Waals surface area contributed by atoms with Crippen LogP contribution in [0, 0.1) is 12.3 Å². The Morgan fingerprint density at radius 2 is 1.91 bits per heavy atom. The topological polar surface area (TPSA) is 59.0 Å². The molecule has 2 heterocycles. The van der Waals surface area contributed by atoms with Crippen molar-refractivity contribution in [3.8, 4) is 5.75 Å². The van der Waals surface area contributed by atoms with Crippen LogP contribution < -0.4 is 4.74 Å². The predicted octanol–water partition coefficient (Wildman–Crippen LogP) is 4.80. The molecule has 0 aromatic heterocycles. The average Bonchev–Trinajstić information content (AvgIpc) is 3.58. The Morgan fingerprint density at radius 3 is 2.59 bits per heavy atom. The second-order valence-corrected chi connectivity index (χ2v) is 9.55. The SMILES string of the molecule is COCc1ccc2c(c1)COc1ccc(C)cc1C2=C1CCN(CC2(C(=O)O)CC2)CC1. The maximum Gasteiger partial charge on any atom is 0.310 e. The Labute approximate surface area is 189 Å². The van der Waals surface area contributed by atoms with E-state index < -0.39 is 11.4 Å². The van der Waals surface area contributed by atoms with Gasteiger partial charge in [0, 0.05) is 32.3 Å². The van der Waals surface area contributed by atoms with Crippen LogP contribution in [-0.2, 0) is 22.7 Å². The van der Waals surface area contributed by atoms with E-state index in [-0.39, 0.29) is 0 Å². The van der Waals surface area contributed by atoms with E-state index in [1.807, 2.05) is 0 Å². The molecule has 1 aliphatic carbocycles. The fourth-order valence-corrected chi connectivity index (χ4v) is 5.16. The van der Waals surface area contributed by atoms with Gasteiger partial charge in [-0.15, -0.1) is 0 Å². The summed E-state index contributed by atoms with van der Waals surface area (Å²) in [5.41, 5.74) is 8.26. The number of carbonyl (C=O) groups is 1. The quantitative estimate of drug-likeness (QED) is 0.734. The summed E-state index contributed by atoms with van der Waals surface area (Å²) in [6.07, 6.45) is 3.54. The number of hydrogen-bond acceptors (Lipinski definition) is 4. The number of carboxylic acid groups (broad SMARTS) is 1. The third-order valence-electron chi connectivity index (χ3n) is 7.18. The molecule has 168 valence electrons. The minimum Gasteiger partial charge on any atom is -0.488 e. The van der Waals surface area contributed by atoms with Crippen molar-refractivity contribution in [2.45, 2.75) is 45.8 Å². The standard InChI is InChI=1S/C27H31NO4/c1-18-3-6-24-23(13-18)25(22-5-4-19(15-31-2)14-21(22)16-32-24)20-7-11-28(12-8-20)17-27(9-10-27)26(29)30/h3-6,13-14H,7-12,15-17H2,1-2H3,(H,29,30). The van der Waals surface area contributed by atoms with Crippen LogP contribution in [0.4, 0.5) is 0 Å². The molecule has 5 rings (SSSR count). The Morgan fingerprint density at radius 1 is 1.12 bits per heavy atom. The molecule has 0 amide bonds. The van der Waals surface area contributed by atoms with Crippen LogP contribution in [0.3, 0.4) is 0 Å². The van der Waals surface area contributed by atoms with Crippen LogP contribution in [0.25, 0.3) is 5.57 Å². The lowest BCUT2D eigenvalue weighted by Gasteiger charge is -2.32. The van der Waals surface area contributed by atoms with Crippen molar-refractivity contribution in [3.05, 3.63) is 69.8 Å². The van der Waals surface area contributed by atoms with Crippen LogP contribution >= 0.6 is 0 Å². The lowest BCUT2D eigenvalue weighted by molar-refractivity contribution is -0.144. The molecule has 0 bridgehead atoms. The summed E-state index contributed by atoms with van der Waals surface area (Å²) in [5, 5.41) is 9.57. The summed E-state index contributed by atoms with van der Waals surface area (Å²) in [7, 11) is 1.72. The van der Waals surface area contributed by atoms with Gasteiger partial charge in [-0.2, -0.15) is 0 Å². The molecule has 1 N–H and O–H groups in total. The summed E-state index contributed by atoms with van der Waals surface area (Å²) in [5.74, 6) is 0.306. The highest BCUT2D eigenvalue weighted by Crippen LogP contribution is 2.47. The molecule has 5 nitrogen and oxygen atoms in total. The number of nitrogens with zero attached hydrogens (tertiary/aromatic N) is 1. The van der Waals surface area contributed by atoms with E-state index in [4.69, 9.17) is 9.47 Å². The molecule has 0 radical (unpaired) electrons. The molecular formula is C27H31NO4. The zero-order chi connectivity index (χ0) is 22.3. The van der Waals surface area contributed by atoms with Crippen molar-refractivity contribution in [3.63, 3.8) is 0 Å². The van der Waals surface area contributed by atoms with E-state index in [9.17, 15) is 9.90 Å². The van der Waals surface area contributed by atoms with Gasteiger partial charge in [0.15, 0.2) is 0 Å². The molecule has 2 aliphatic heterocycles. The highest BCUT2D eigenvalue weighted by Gasteiger charge is 2.51. The van der Waals surface area contributed by atoms with E-state index in [2.05, 4.69) is 48.2 Å². The summed E-state index contributed by atoms with van der Waals surface area (Å²) in [6, 6.07) is 13.0.